The number of thiazole rings is 1. The van der Waals surface area contributed by atoms with Crippen LogP contribution in [0.5, 0.6) is 5.75 Å². The van der Waals surface area contributed by atoms with Gasteiger partial charge in [0.15, 0.2) is 10.2 Å². The average molecular weight is 285 g/mol. The maximum absolute atomic E-state index is 10.8. The van der Waals surface area contributed by atoms with Crippen LogP contribution in [-0.4, -0.2) is 9.91 Å². The average Bonchev–Trinajstić information content (AvgIpc) is 2.72. The maximum Gasteiger partial charge on any atom is 0.310 e. The van der Waals surface area contributed by atoms with Crippen LogP contribution in [0.1, 0.15) is 10.4 Å². The Hall–Kier alpha value is -1.66. The van der Waals surface area contributed by atoms with E-state index in [9.17, 15) is 10.1 Å². The normalized spacial score (nSPS) is 10.3. The minimum absolute atomic E-state index is 0.0452. The summed E-state index contributed by atoms with van der Waals surface area (Å²) >= 11 is 6.98. The Labute approximate surface area is 112 Å². The third-order valence-corrected chi connectivity index (χ3v) is 3.30. The van der Waals surface area contributed by atoms with Gasteiger partial charge in [-0.3, -0.25) is 10.1 Å². The Morgan fingerprint density at radius 2 is 2.33 bits per heavy atom. The van der Waals surface area contributed by atoms with Crippen LogP contribution in [0.4, 0.5) is 5.69 Å². The van der Waals surface area contributed by atoms with Crippen molar-refractivity contribution in [1.82, 2.24) is 4.98 Å². The molecule has 0 atom stereocenters. The van der Waals surface area contributed by atoms with Crippen LogP contribution >= 0.6 is 22.9 Å². The summed E-state index contributed by atoms with van der Waals surface area (Å²) in [5, 5.41) is 10.8. The van der Waals surface area contributed by atoms with Gasteiger partial charge < -0.3 is 4.74 Å². The van der Waals surface area contributed by atoms with Gasteiger partial charge in [-0.1, -0.05) is 17.7 Å². The van der Waals surface area contributed by atoms with Gasteiger partial charge in [-0.15, -0.1) is 11.3 Å². The van der Waals surface area contributed by atoms with Gasteiger partial charge in [0, 0.05) is 12.3 Å². The Morgan fingerprint density at radius 3 is 2.94 bits per heavy atom. The van der Waals surface area contributed by atoms with Crippen molar-refractivity contribution >= 4 is 28.6 Å². The molecule has 2 rings (SSSR count). The lowest BCUT2D eigenvalue weighted by Gasteiger charge is -2.05. The molecule has 0 N–H and O–H groups in total. The number of aryl methyl sites for hydroxylation is 1. The molecule has 7 heteroatoms. The van der Waals surface area contributed by atoms with Crippen LogP contribution in [0.3, 0.4) is 0 Å². The zero-order valence-electron chi connectivity index (χ0n) is 9.42. The number of halogens is 1. The molecule has 94 valence electrons. The topological polar surface area (TPSA) is 65.3 Å². The number of nitrogens with zero attached hydrogens (tertiary/aromatic N) is 2. The Balaban J connectivity index is 2.17. The number of hydrogen-bond donors (Lipinski definition) is 0. The van der Waals surface area contributed by atoms with E-state index >= 15 is 0 Å². The minimum Gasteiger partial charge on any atom is -0.481 e. The highest BCUT2D eigenvalue weighted by Crippen LogP contribution is 2.29. The predicted molar refractivity (Wildman–Crippen MR) is 69.3 cm³/mol. The second-order valence-corrected chi connectivity index (χ2v) is 5.29. The lowest BCUT2D eigenvalue weighted by atomic mass is 10.2. The highest BCUT2D eigenvalue weighted by molar-refractivity contribution is 7.15. The molecule has 0 saturated carbocycles. The van der Waals surface area contributed by atoms with Gasteiger partial charge in [-0.2, -0.15) is 0 Å². The number of ether oxygens (including phenoxy) is 1. The van der Waals surface area contributed by atoms with E-state index in [-0.39, 0.29) is 18.0 Å². The van der Waals surface area contributed by atoms with Crippen LogP contribution in [0.2, 0.25) is 4.47 Å². The standard InChI is InChI=1S/C11H9ClN2O3S/c1-7-2-3-9(14(15)16)10(4-7)17-6-8-5-13-11(12)18-8/h2-5H,6H2,1H3. The summed E-state index contributed by atoms with van der Waals surface area (Å²) in [6, 6.07) is 4.75. The lowest BCUT2D eigenvalue weighted by Crippen LogP contribution is -1.98. The van der Waals surface area contributed by atoms with Crippen LogP contribution in [0, 0.1) is 17.0 Å². The highest BCUT2D eigenvalue weighted by atomic mass is 35.5. The monoisotopic (exact) mass is 284 g/mol. The van der Waals surface area contributed by atoms with Gasteiger partial charge in [-0.25, -0.2) is 4.98 Å². The van der Waals surface area contributed by atoms with Gasteiger partial charge in [0.05, 0.1) is 9.80 Å². The van der Waals surface area contributed by atoms with E-state index in [1.165, 1.54) is 17.4 Å². The van der Waals surface area contributed by atoms with Crippen LogP contribution in [0.15, 0.2) is 24.4 Å². The molecule has 0 amide bonds. The van der Waals surface area contributed by atoms with Crippen molar-refractivity contribution < 1.29 is 9.66 Å². The van der Waals surface area contributed by atoms with Crippen molar-refractivity contribution in [2.45, 2.75) is 13.5 Å². The van der Waals surface area contributed by atoms with Crippen molar-refractivity contribution in [3.05, 3.63) is 49.4 Å². The fourth-order valence-corrected chi connectivity index (χ4v) is 2.28. The van der Waals surface area contributed by atoms with Gasteiger partial charge in [0.2, 0.25) is 0 Å². The molecular formula is C11H9ClN2O3S. The zero-order valence-corrected chi connectivity index (χ0v) is 11.0. The quantitative estimate of drug-likeness (QED) is 0.635. The molecule has 0 aliphatic rings. The number of aromatic nitrogens is 1. The molecule has 0 aliphatic heterocycles. The molecule has 2 aromatic rings. The minimum atomic E-state index is -0.464. The van der Waals surface area contributed by atoms with Crippen LogP contribution in [0.25, 0.3) is 0 Å². The molecule has 0 saturated heterocycles. The molecule has 0 bridgehead atoms. The molecule has 1 aromatic carbocycles. The number of nitro groups is 1. The summed E-state index contributed by atoms with van der Waals surface area (Å²) in [4.78, 5) is 15.1. The fourth-order valence-electron chi connectivity index (χ4n) is 1.39. The molecule has 18 heavy (non-hydrogen) atoms. The maximum atomic E-state index is 10.8. The van der Waals surface area contributed by atoms with E-state index in [1.807, 2.05) is 6.92 Å². The molecule has 1 aromatic heterocycles. The first-order valence-corrected chi connectivity index (χ1v) is 6.24. The van der Waals surface area contributed by atoms with Crippen LogP contribution < -0.4 is 4.74 Å². The summed E-state index contributed by atoms with van der Waals surface area (Å²) in [6.45, 7) is 2.06. The van der Waals surface area contributed by atoms with E-state index in [0.29, 0.717) is 4.47 Å². The van der Waals surface area contributed by atoms with Crippen molar-refractivity contribution in [2.75, 3.05) is 0 Å². The third kappa shape index (κ3) is 2.96. The summed E-state index contributed by atoms with van der Waals surface area (Å²) in [7, 11) is 0. The first-order valence-electron chi connectivity index (χ1n) is 5.04. The smallest absolute Gasteiger partial charge is 0.310 e. The van der Waals surface area contributed by atoms with Gasteiger partial charge in [0.1, 0.15) is 6.61 Å². The number of hydrogen-bond acceptors (Lipinski definition) is 5. The SMILES string of the molecule is Cc1ccc([N+](=O)[O-])c(OCc2cnc(Cl)s2)c1. The van der Waals surface area contributed by atoms with Gasteiger partial charge in [0.25, 0.3) is 0 Å². The molecule has 0 aliphatic carbocycles. The van der Waals surface area contributed by atoms with E-state index in [2.05, 4.69) is 4.98 Å². The second-order valence-electron chi connectivity index (χ2n) is 3.60. The Kier molecular flexibility index (Phi) is 3.78. The number of nitro benzene ring substituents is 1. The summed E-state index contributed by atoms with van der Waals surface area (Å²) in [6.07, 6.45) is 1.59. The molecule has 5 nitrogen and oxygen atoms in total. The first kappa shape index (κ1) is 12.8. The Bertz CT molecular complexity index is 585. The van der Waals surface area contributed by atoms with Crippen molar-refractivity contribution in [1.29, 1.82) is 0 Å². The molecule has 0 fully saturated rings. The first-order chi connectivity index (χ1) is 8.56. The third-order valence-electron chi connectivity index (χ3n) is 2.21. The fraction of sp³-hybridized carbons (Fsp3) is 0.182. The van der Waals surface area contributed by atoms with E-state index in [0.717, 1.165) is 10.4 Å². The lowest BCUT2D eigenvalue weighted by molar-refractivity contribution is -0.385. The number of rotatable bonds is 4. The molecule has 0 unspecified atom stereocenters. The zero-order chi connectivity index (χ0) is 13.1. The van der Waals surface area contributed by atoms with Crippen molar-refractivity contribution in [3.8, 4) is 5.75 Å². The second kappa shape index (κ2) is 5.32. The van der Waals surface area contributed by atoms with Crippen LogP contribution in [-0.2, 0) is 6.61 Å². The van der Waals surface area contributed by atoms with E-state index in [1.54, 1.807) is 18.3 Å². The largest absolute Gasteiger partial charge is 0.481 e. The molecule has 1 heterocycles. The summed E-state index contributed by atoms with van der Waals surface area (Å²) < 4.78 is 5.87. The van der Waals surface area contributed by atoms with Crippen molar-refractivity contribution in [3.63, 3.8) is 0 Å². The summed E-state index contributed by atoms with van der Waals surface area (Å²) in [5.41, 5.74) is 0.856. The molecule has 0 radical (unpaired) electrons. The number of benzene rings is 1. The van der Waals surface area contributed by atoms with Crippen molar-refractivity contribution in [2.24, 2.45) is 0 Å². The molecular weight excluding hydrogens is 276 g/mol. The summed E-state index contributed by atoms with van der Waals surface area (Å²) in [5.74, 6) is 0.254. The predicted octanol–water partition coefficient (Wildman–Crippen LogP) is 3.59. The molecule has 0 spiro atoms. The van der Waals surface area contributed by atoms with E-state index < -0.39 is 4.92 Å². The highest BCUT2D eigenvalue weighted by Gasteiger charge is 2.15. The Morgan fingerprint density at radius 1 is 1.56 bits per heavy atom. The van der Waals surface area contributed by atoms with E-state index in [4.69, 9.17) is 16.3 Å². The van der Waals surface area contributed by atoms with Gasteiger partial charge >= 0.3 is 5.69 Å². The van der Waals surface area contributed by atoms with Gasteiger partial charge in [-0.05, 0) is 18.6 Å².